The maximum Gasteiger partial charge on any atom is 0.336 e. The van der Waals surface area contributed by atoms with Crippen LogP contribution in [0.2, 0.25) is 0 Å². The third-order valence-electron chi connectivity index (χ3n) is 4.35. The summed E-state index contributed by atoms with van der Waals surface area (Å²) in [5.41, 5.74) is 1.75. The number of ether oxygens (including phenoxy) is 4. The summed E-state index contributed by atoms with van der Waals surface area (Å²) in [5.74, 6) is 2.67. The SMILES string of the molecule is O=c1cc(CNc2ccc3c(c2)OCCO3)c2cc3c(cc2o1)OCO3. The second-order valence-corrected chi connectivity index (χ2v) is 6.00. The molecule has 1 N–H and O–H groups in total. The molecule has 1 aromatic heterocycles. The quantitative estimate of drug-likeness (QED) is 0.725. The maximum absolute atomic E-state index is 11.9. The van der Waals surface area contributed by atoms with Gasteiger partial charge in [0.1, 0.15) is 18.8 Å². The van der Waals surface area contributed by atoms with Crippen LogP contribution in [-0.2, 0) is 6.54 Å². The summed E-state index contributed by atoms with van der Waals surface area (Å²) in [6, 6.07) is 10.7. The summed E-state index contributed by atoms with van der Waals surface area (Å²) in [5, 5.41) is 4.11. The minimum absolute atomic E-state index is 0.167. The largest absolute Gasteiger partial charge is 0.486 e. The molecule has 0 radical (unpaired) electrons. The van der Waals surface area contributed by atoms with Crippen molar-refractivity contribution in [2.45, 2.75) is 6.54 Å². The van der Waals surface area contributed by atoms with Gasteiger partial charge in [0, 0.05) is 35.8 Å². The highest BCUT2D eigenvalue weighted by Gasteiger charge is 2.18. The van der Waals surface area contributed by atoms with Gasteiger partial charge in [0.2, 0.25) is 6.79 Å². The van der Waals surface area contributed by atoms with E-state index in [1.807, 2.05) is 24.3 Å². The molecule has 0 amide bonds. The van der Waals surface area contributed by atoms with Crippen molar-refractivity contribution in [1.82, 2.24) is 0 Å². The van der Waals surface area contributed by atoms with Crippen molar-refractivity contribution in [3.05, 3.63) is 52.4 Å². The molecule has 132 valence electrons. The summed E-state index contributed by atoms with van der Waals surface area (Å²) >= 11 is 0. The van der Waals surface area contributed by atoms with Gasteiger partial charge in [-0.25, -0.2) is 4.79 Å². The van der Waals surface area contributed by atoms with E-state index in [9.17, 15) is 4.79 Å². The van der Waals surface area contributed by atoms with E-state index in [1.165, 1.54) is 6.07 Å². The van der Waals surface area contributed by atoms with Crippen LogP contribution >= 0.6 is 0 Å². The average molecular weight is 353 g/mol. The Morgan fingerprint density at radius 1 is 0.846 bits per heavy atom. The highest BCUT2D eigenvalue weighted by molar-refractivity contribution is 5.84. The maximum atomic E-state index is 11.9. The fourth-order valence-electron chi connectivity index (χ4n) is 3.11. The van der Waals surface area contributed by atoms with Crippen molar-refractivity contribution in [3.63, 3.8) is 0 Å². The van der Waals surface area contributed by atoms with Crippen LogP contribution < -0.4 is 29.9 Å². The Morgan fingerprint density at radius 3 is 2.50 bits per heavy atom. The Labute approximate surface area is 148 Å². The predicted octanol–water partition coefficient (Wildman–Crippen LogP) is 2.91. The second-order valence-electron chi connectivity index (χ2n) is 6.00. The Kier molecular flexibility index (Phi) is 3.38. The molecular weight excluding hydrogens is 338 g/mol. The summed E-state index contributed by atoms with van der Waals surface area (Å²) in [6.07, 6.45) is 0. The van der Waals surface area contributed by atoms with Crippen molar-refractivity contribution in [2.75, 3.05) is 25.3 Å². The lowest BCUT2D eigenvalue weighted by molar-refractivity contribution is 0.171. The first kappa shape index (κ1) is 14.9. The van der Waals surface area contributed by atoms with E-state index in [4.69, 9.17) is 23.4 Å². The average Bonchev–Trinajstić information content (AvgIpc) is 3.11. The molecule has 0 saturated carbocycles. The lowest BCUT2D eigenvalue weighted by Crippen LogP contribution is -2.15. The molecule has 26 heavy (non-hydrogen) atoms. The Morgan fingerprint density at radius 2 is 1.62 bits per heavy atom. The summed E-state index contributed by atoms with van der Waals surface area (Å²) in [7, 11) is 0. The minimum atomic E-state index is -0.407. The predicted molar refractivity (Wildman–Crippen MR) is 93.4 cm³/mol. The molecule has 3 aromatic rings. The van der Waals surface area contributed by atoms with Crippen LogP contribution in [0.25, 0.3) is 11.0 Å². The summed E-state index contributed by atoms with van der Waals surface area (Å²) in [6.45, 7) is 1.71. The number of benzene rings is 2. The van der Waals surface area contributed by atoms with Crippen molar-refractivity contribution in [2.24, 2.45) is 0 Å². The van der Waals surface area contributed by atoms with E-state index in [-0.39, 0.29) is 6.79 Å². The molecule has 0 saturated heterocycles. The third-order valence-corrected chi connectivity index (χ3v) is 4.35. The number of anilines is 1. The number of nitrogens with one attached hydrogen (secondary N) is 1. The van der Waals surface area contributed by atoms with Gasteiger partial charge in [0.05, 0.1) is 0 Å². The van der Waals surface area contributed by atoms with Gasteiger partial charge in [-0.2, -0.15) is 0 Å². The molecule has 2 aliphatic heterocycles. The fraction of sp³-hybridized carbons (Fsp3) is 0.211. The molecule has 2 aromatic carbocycles. The van der Waals surface area contributed by atoms with Crippen molar-refractivity contribution >= 4 is 16.7 Å². The molecule has 7 heteroatoms. The molecule has 5 rings (SSSR count). The molecule has 0 aliphatic carbocycles. The molecule has 0 bridgehead atoms. The first-order valence-electron chi connectivity index (χ1n) is 8.26. The van der Waals surface area contributed by atoms with Crippen LogP contribution in [0.1, 0.15) is 5.56 Å². The lowest BCUT2D eigenvalue weighted by Gasteiger charge is -2.19. The van der Waals surface area contributed by atoms with E-state index in [1.54, 1.807) is 6.07 Å². The van der Waals surface area contributed by atoms with Crippen LogP contribution in [0.5, 0.6) is 23.0 Å². The Balaban J connectivity index is 1.47. The normalized spacial score (nSPS) is 14.5. The molecule has 0 spiro atoms. The van der Waals surface area contributed by atoms with Gasteiger partial charge in [-0.3, -0.25) is 0 Å². The van der Waals surface area contributed by atoms with Gasteiger partial charge in [-0.1, -0.05) is 0 Å². The van der Waals surface area contributed by atoms with Crippen LogP contribution in [0.4, 0.5) is 5.69 Å². The van der Waals surface area contributed by atoms with Gasteiger partial charge >= 0.3 is 5.63 Å². The highest BCUT2D eigenvalue weighted by atomic mass is 16.7. The fourth-order valence-corrected chi connectivity index (χ4v) is 3.11. The monoisotopic (exact) mass is 353 g/mol. The zero-order valence-electron chi connectivity index (χ0n) is 13.7. The zero-order chi connectivity index (χ0) is 17.5. The Hall–Kier alpha value is -3.35. The second kappa shape index (κ2) is 5.87. The number of hydrogen-bond donors (Lipinski definition) is 1. The van der Waals surface area contributed by atoms with E-state index >= 15 is 0 Å². The molecule has 0 atom stereocenters. The van der Waals surface area contributed by atoms with E-state index in [0.29, 0.717) is 42.6 Å². The number of fused-ring (bicyclic) bond motifs is 3. The molecule has 0 unspecified atom stereocenters. The first-order valence-corrected chi connectivity index (χ1v) is 8.26. The number of rotatable bonds is 3. The number of hydrogen-bond acceptors (Lipinski definition) is 7. The molecule has 2 aliphatic rings. The molecule has 3 heterocycles. The van der Waals surface area contributed by atoms with E-state index in [2.05, 4.69) is 5.32 Å². The van der Waals surface area contributed by atoms with E-state index < -0.39 is 5.63 Å². The van der Waals surface area contributed by atoms with E-state index in [0.717, 1.165) is 22.4 Å². The van der Waals surface area contributed by atoms with Crippen molar-refractivity contribution in [3.8, 4) is 23.0 Å². The lowest BCUT2D eigenvalue weighted by atomic mass is 10.1. The highest BCUT2D eigenvalue weighted by Crippen LogP contribution is 2.37. The third kappa shape index (κ3) is 2.57. The van der Waals surface area contributed by atoms with Gasteiger partial charge in [0.15, 0.2) is 23.0 Å². The van der Waals surface area contributed by atoms with Gasteiger partial charge in [-0.15, -0.1) is 0 Å². The zero-order valence-corrected chi connectivity index (χ0v) is 13.7. The van der Waals surface area contributed by atoms with Crippen LogP contribution in [-0.4, -0.2) is 20.0 Å². The van der Waals surface area contributed by atoms with Crippen molar-refractivity contribution in [1.29, 1.82) is 0 Å². The van der Waals surface area contributed by atoms with Crippen LogP contribution in [0.3, 0.4) is 0 Å². The minimum Gasteiger partial charge on any atom is -0.486 e. The molecule has 7 nitrogen and oxygen atoms in total. The molecule has 0 fully saturated rings. The van der Waals surface area contributed by atoms with Gasteiger partial charge < -0.3 is 28.7 Å². The summed E-state index contributed by atoms with van der Waals surface area (Å²) in [4.78, 5) is 11.9. The van der Waals surface area contributed by atoms with Gasteiger partial charge in [0.25, 0.3) is 0 Å². The topological polar surface area (TPSA) is 79.2 Å². The first-order chi connectivity index (χ1) is 12.8. The smallest absolute Gasteiger partial charge is 0.336 e. The van der Waals surface area contributed by atoms with Crippen LogP contribution in [0, 0.1) is 0 Å². The van der Waals surface area contributed by atoms with Crippen LogP contribution in [0.15, 0.2) is 45.6 Å². The molecular formula is C19H15NO6. The van der Waals surface area contributed by atoms with Gasteiger partial charge in [-0.05, 0) is 23.8 Å². The Bertz CT molecular complexity index is 1060. The standard InChI is InChI=1S/C19H15NO6/c21-19-5-11(13-7-17-18(25-10-24-17)8-15(13)26-19)9-20-12-1-2-14-16(6-12)23-4-3-22-14/h1-2,5-8,20H,3-4,9-10H2. The summed E-state index contributed by atoms with van der Waals surface area (Å²) < 4.78 is 27.2. The van der Waals surface area contributed by atoms with Crippen molar-refractivity contribution < 1.29 is 23.4 Å².